The summed E-state index contributed by atoms with van der Waals surface area (Å²) in [6, 6.07) is 1.27. The van der Waals surface area contributed by atoms with Crippen molar-refractivity contribution in [1.82, 2.24) is 14.7 Å². The van der Waals surface area contributed by atoms with Gasteiger partial charge in [0.2, 0.25) is 0 Å². The third-order valence-electron chi connectivity index (χ3n) is 4.91. The number of fused-ring (bicyclic) bond motifs is 1. The Morgan fingerprint density at radius 3 is 2.86 bits per heavy atom. The highest BCUT2D eigenvalue weighted by molar-refractivity contribution is 5.74. The van der Waals surface area contributed by atoms with E-state index in [-0.39, 0.29) is 5.82 Å². The van der Waals surface area contributed by atoms with Crippen molar-refractivity contribution in [3.63, 3.8) is 0 Å². The third kappa shape index (κ3) is 2.83. The predicted octanol–water partition coefficient (Wildman–Crippen LogP) is 1.51. The van der Waals surface area contributed by atoms with Crippen LogP contribution in [0.3, 0.4) is 0 Å². The minimum Gasteiger partial charge on any atom is -0.480 e. The predicted molar refractivity (Wildman–Crippen MR) is 77.4 cm³/mol. The minimum atomic E-state index is -0.763. The lowest BCUT2D eigenvalue weighted by molar-refractivity contribution is -0.389. The Labute approximate surface area is 127 Å². The van der Waals surface area contributed by atoms with Crippen LogP contribution in [0.2, 0.25) is 0 Å². The zero-order chi connectivity index (χ0) is 15.7. The summed E-state index contributed by atoms with van der Waals surface area (Å²) in [5.74, 6) is -0.464. The van der Waals surface area contributed by atoms with Crippen LogP contribution in [0.1, 0.15) is 32.1 Å². The molecule has 3 rings (SSSR count). The van der Waals surface area contributed by atoms with Crippen LogP contribution in [0.5, 0.6) is 0 Å². The zero-order valence-corrected chi connectivity index (χ0v) is 12.3. The van der Waals surface area contributed by atoms with E-state index in [9.17, 15) is 20.0 Å². The zero-order valence-electron chi connectivity index (χ0n) is 12.3. The van der Waals surface area contributed by atoms with Gasteiger partial charge in [-0.3, -0.25) is 9.69 Å². The van der Waals surface area contributed by atoms with Crippen LogP contribution in [0.25, 0.3) is 0 Å². The summed E-state index contributed by atoms with van der Waals surface area (Å²) >= 11 is 0. The molecule has 1 aromatic heterocycles. The molecule has 2 aliphatic rings. The number of aliphatic carboxylic acids is 1. The molecule has 0 aromatic carbocycles. The SMILES string of the molecule is O=C(O)C1CC2CCCCC2N1CCn1ccc([N+](=O)[O-])n1. The van der Waals surface area contributed by atoms with E-state index in [1.54, 1.807) is 6.20 Å². The van der Waals surface area contributed by atoms with E-state index in [4.69, 9.17) is 0 Å². The molecule has 0 amide bonds. The number of aromatic nitrogens is 2. The van der Waals surface area contributed by atoms with Crippen LogP contribution in [-0.4, -0.2) is 49.3 Å². The van der Waals surface area contributed by atoms with Crippen molar-refractivity contribution in [3.05, 3.63) is 22.4 Å². The number of nitrogens with zero attached hydrogens (tertiary/aromatic N) is 4. The summed E-state index contributed by atoms with van der Waals surface area (Å²) in [6.45, 7) is 1.04. The number of carbonyl (C=O) groups is 1. The van der Waals surface area contributed by atoms with Gasteiger partial charge in [0.1, 0.15) is 6.04 Å². The molecule has 2 heterocycles. The Kier molecular flexibility index (Phi) is 4.10. The van der Waals surface area contributed by atoms with Gasteiger partial charge in [0, 0.05) is 12.6 Å². The Bertz CT molecular complexity index is 573. The molecule has 1 saturated heterocycles. The summed E-state index contributed by atoms with van der Waals surface area (Å²) in [4.78, 5) is 23.7. The Morgan fingerprint density at radius 1 is 1.41 bits per heavy atom. The molecule has 120 valence electrons. The quantitative estimate of drug-likeness (QED) is 0.653. The normalized spacial score (nSPS) is 28.5. The van der Waals surface area contributed by atoms with Gasteiger partial charge in [-0.25, -0.2) is 0 Å². The maximum Gasteiger partial charge on any atom is 0.389 e. The summed E-state index contributed by atoms with van der Waals surface area (Å²) in [5.41, 5.74) is 0. The highest BCUT2D eigenvalue weighted by atomic mass is 16.6. The van der Waals surface area contributed by atoms with Crippen LogP contribution in [0.15, 0.2) is 12.3 Å². The fourth-order valence-corrected chi connectivity index (χ4v) is 3.91. The average molecular weight is 308 g/mol. The van der Waals surface area contributed by atoms with Gasteiger partial charge < -0.3 is 15.2 Å². The first kappa shape index (κ1) is 15.0. The van der Waals surface area contributed by atoms with E-state index in [1.165, 1.54) is 17.2 Å². The molecule has 1 saturated carbocycles. The molecule has 8 heteroatoms. The molecular formula is C14H20N4O4. The molecule has 2 fully saturated rings. The fourth-order valence-electron chi connectivity index (χ4n) is 3.91. The molecule has 0 radical (unpaired) electrons. The van der Waals surface area contributed by atoms with E-state index < -0.39 is 16.9 Å². The van der Waals surface area contributed by atoms with Crippen molar-refractivity contribution in [1.29, 1.82) is 0 Å². The standard InChI is InChI=1S/C14H20N4O4/c19-14(20)12-9-10-3-1-2-4-11(10)17(12)8-7-16-6-5-13(15-16)18(21)22/h5-6,10-12H,1-4,7-9H2,(H,19,20). The Balaban J connectivity index is 1.67. The number of hydrogen-bond donors (Lipinski definition) is 1. The van der Waals surface area contributed by atoms with Gasteiger partial charge in [0.15, 0.2) is 0 Å². The maximum absolute atomic E-state index is 11.5. The molecule has 0 spiro atoms. The van der Waals surface area contributed by atoms with Gasteiger partial charge in [0.25, 0.3) is 0 Å². The van der Waals surface area contributed by atoms with E-state index in [2.05, 4.69) is 10.00 Å². The van der Waals surface area contributed by atoms with Gasteiger partial charge in [-0.2, -0.15) is 4.68 Å². The fraction of sp³-hybridized carbons (Fsp3) is 0.714. The molecule has 3 atom stereocenters. The van der Waals surface area contributed by atoms with Crippen molar-refractivity contribution in [2.75, 3.05) is 6.54 Å². The largest absolute Gasteiger partial charge is 0.480 e. The van der Waals surface area contributed by atoms with Gasteiger partial charge in [0.05, 0.1) is 23.9 Å². The number of rotatable bonds is 5. The van der Waals surface area contributed by atoms with Gasteiger partial charge in [-0.1, -0.05) is 12.8 Å². The number of carboxylic acid groups (broad SMARTS) is 1. The smallest absolute Gasteiger partial charge is 0.389 e. The van der Waals surface area contributed by atoms with Gasteiger partial charge in [-0.05, 0) is 30.1 Å². The number of hydrogen-bond acceptors (Lipinski definition) is 5. The molecule has 1 aliphatic carbocycles. The van der Waals surface area contributed by atoms with Crippen molar-refractivity contribution < 1.29 is 14.8 Å². The van der Waals surface area contributed by atoms with Crippen LogP contribution in [-0.2, 0) is 11.3 Å². The summed E-state index contributed by atoms with van der Waals surface area (Å²) < 4.78 is 1.52. The van der Waals surface area contributed by atoms with E-state index in [0.29, 0.717) is 25.0 Å². The highest BCUT2D eigenvalue weighted by Crippen LogP contribution is 2.39. The van der Waals surface area contributed by atoms with Crippen molar-refractivity contribution in [2.24, 2.45) is 5.92 Å². The van der Waals surface area contributed by atoms with Crippen LogP contribution < -0.4 is 0 Å². The lowest BCUT2D eigenvalue weighted by Gasteiger charge is -2.32. The number of carboxylic acids is 1. The summed E-state index contributed by atoms with van der Waals surface area (Å²) in [5, 5.41) is 24.0. The van der Waals surface area contributed by atoms with Crippen LogP contribution >= 0.6 is 0 Å². The number of likely N-dealkylation sites (tertiary alicyclic amines) is 1. The van der Waals surface area contributed by atoms with Crippen LogP contribution in [0.4, 0.5) is 5.82 Å². The third-order valence-corrected chi connectivity index (χ3v) is 4.91. The van der Waals surface area contributed by atoms with E-state index in [0.717, 1.165) is 25.7 Å². The first-order valence-corrected chi connectivity index (χ1v) is 7.72. The monoisotopic (exact) mass is 308 g/mol. The molecule has 22 heavy (non-hydrogen) atoms. The topological polar surface area (TPSA) is 102 Å². The highest BCUT2D eigenvalue weighted by Gasteiger charge is 2.44. The lowest BCUT2D eigenvalue weighted by atomic mass is 9.85. The maximum atomic E-state index is 11.5. The molecule has 0 bridgehead atoms. The first-order valence-electron chi connectivity index (χ1n) is 7.72. The summed E-state index contributed by atoms with van der Waals surface area (Å²) in [6.07, 6.45) is 6.79. The summed E-state index contributed by atoms with van der Waals surface area (Å²) in [7, 11) is 0. The van der Waals surface area contributed by atoms with Crippen molar-refractivity contribution >= 4 is 11.8 Å². The number of nitro groups is 1. The Morgan fingerprint density at radius 2 is 2.18 bits per heavy atom. The molecule has 8 nitrogen and oxygen atoms in total. The second-order valence-corrected chi connectivity index (χ2v) is 6.13. The Hall–Kier alpha value is -1.96. The van der Waals surface area contributed by atoms with Crippen LogP contribution in [0, 0.1) is 16.0 Å². The second kappa shape index (κ2) is 6.04. The molecule has 3 unspecified atom stereocenters. The van der Waals surface area contributed by atoms with Gasteiger partial charge in [-0.15, -0.1) is 0 Å². The van der Waals surface area contributed by atoms with Gasteiger partial charge >= 0.3 is 11.8 Å². The molecule has 1 aromatic rings. The molecule has 1 N–H and O–H groups in total. The van der Waals surface area contributed by atoms with E-state index >= 15 is 0 Å². The van der Waals surface area contributed by atoms with E-state index in [1.807, 2.05) is 0 Å². The molecular weight excluding hydrogens is 288 g/mol. The second-order valence-electron chi connectivity index (χ2n) is 6.13. The lowest BCUT2D eigenvalue weighted by Crippen LogP contribution is -2.43. The average Bonchev–Trinajstić information content (AvgIpc) is 3.09. The van der Waals surface area contributed by atoms with Crippen molar-refractivity contribution in [3.8, 4) is 0 Å². The van der Waals surface area contributed by atoms with Crippen molar-refractivity contribution in [2.45, 2.75) is 50.7 Å². The first-order chi connectivity index (χ1) is 10.6. The molecule has 1 aliphatic heterocycles. The minimum absolute atomic E-state index is 0.174.